The maximum absolute atomic E-state index is 7.11. The zero-order valence-electron chi connectivity index (χ0n) is 42.0. The number of hydrogen-bond acceptors (Lipinski definition) is 5. The molecule has 4 aromatic heterocycles. The summed E-state index contributed by atoms with van der Waals surface area (Å²) >= 11 is 0. The molecule has 354 valence electrons. The van der Waals surface area contributed by atoms with E-state index in [1.807, 2.05) is 0 Å². The third kappa shape index (κ3) is 6.19. The average Bonchev–Trinajstić information content (AvgIpc) is 4.14. The van der Waals surface area contributed by atoms with Gasteiger partial charge in [0.25, 0.3) is 6.71 Å². The summed E-state index contributed by atoms with van der Waals surface area (Å²) in [7, 11) is 0. The van der Waals surface area contributed by atoms with Crippen LogP contribution < -0.4 is 25.9 Å². The molecule has 9 aromatic carbocycles. The molecule has 0 fully saturated rings. The normalized spacial score (nSPS) is 13.2. The third-order valence-corrected chi connectivity index (χ3v) is 15.6. The minimum atomic E-state index is -0.0939. The molecule has 0 saturated carbocycles. The summed E-state index contributed by atoms with van der Waals surface area (Å²) in [4.78, 5) is 16.6. The quantitative estimate of drug-likeness (QED) is 0.164. The number of hydrogen-bond donors (Lipinski definition) is 0. The Morgan fingerprint density at radius 2 is 0.770 bits per heavy atom. The fraction of sp³-hybridized carbons (Fsp3) is 0.123. The smallest absolute Gasteiger partial charge is 0.260 e. The molecule has 6 heterocycles. The van der Waals surface area contributed by atoms with Crippen LogP contribution in [0.2, 0.25) is 0 Å². The zero-order chi connectivity index (χ0) is 49.8. The molecule has 0 spiro atoms. The average molecular weight is 957 g/mol. The first kappa shape index (κ1) is 42.7. The lowest BCUT2D eigenvalue weighted by Crippen LogP contribution is -2.57. The van der Waals surface area contributed by atoms with Crippen molar-refractivity contribution in [1.29, 1.82) is 0 Å². The fourth-order valence-electron chi connectivity index (χ4n) is 12.0. The lowest BCUT2D eigenvalue weighted by atomic mass is 9.34. The van der Waals surface area contributed by atoms with Crippen molar-refractivity contribution in [2.24, 2.45) is 0 Å². The Morgan fingerprint density at radius 3 is 1.20 bits per heavy atom. The Morgan fingerprint density at radius 1 is 0.378 bits per heavy atom. The van der Waals surface area contributed by atoms with Gasteiger partial charge in [0.05, 0.1) is 38.8 Å². The van der Waals surface area contributed by atoms with Gasteiger partial charge in [0.2, 0.25) is 11.9 Å². The van der Waals surface area contributed by atoms with E-state index >= 15 is 0 Å². The minimum absolute atomic E-state index is 0.0511. The summed E-state index contributed by atoms with van der Waals surface area (Å²) in [6.45, 7) is 13.5. The standard InChI is InChI=1S/C65H49BN6O2/c1-64(2,3)38-30-32-55-48(34-38)66-49-35-39(65(4,5)6)31-33-56(49)74-58-37-40(36-57(73-55)59(58)66)70-50-25-12-11-22-45(50)46-23-17-24-47(60(46)70)61-67-62(71-51-26-13-7-18-41(51)42-19-8-14-27-52(42)71)69-63(68-61)72-53-28-15-9-20-43(53)44-21-10-16-29-54(44)72/h7-37H,1-6H3. The van der Waals surface area contributed by atoms with Gasteiger partial charge in [-0.25, -0.2) is 0 Å². The first-order valence-electron chi connectivity index (χ1n) is 25.5. The molecule has 0 unspecified atom stereocenters. The van der Waals surface area contributed by atoms with E-state index in [1.54, 1.807) is 0 Å². The molecule has 13 aromatic rings. The number of rotatable bonds is 4. The van der Waals surface area contributed by atoms with Crippen LogP contribution in [0, 0.1) is 0 Å². The summed E-state index contributed by atoms with van der Waals surface area (Å²) in [5, 5.41) is 6.69. The van der Waals surface area contributed by atoms with Crippen molar-refractivity contribution in [3.63, 3.8) is 0 Å². The second kappa shape index (κ2) is 15.3. The molecular weight excluding hydrogens is 908 g/mol. The van der Waals surface area contributed by atoms with Crippen LogP contribution in [0.3, 0.4) is 0 Å². The minimum Gasteiger partial charge on any atom is -0.458 e. The molecular formula is C65H49BN6O2. The monoisotopic (exact) mass is 956 g/mol. The molecule has 0 atom stereocenters. The molecule has 0 amide bonds. The molecule has 0 radical (unpaired) electrons. The largest absolute Gasteiger partial charge is 0.458 e. The van der Waals surface area contributed by atoms with Gasteiger partial charge in [-0.05, 0) is 81.4 Å². The highest BCUT2D eigenvalue weighted by Gasteiger charge is 2.42. The van der Waals surface area contributed by atoms with E-state index in [0.29, 0.717) is 17.7 Å². The van der Waals surface area contributed by atoms with Crippen LogP contribution in [0.5, 0.6) is 23.0 Å². The van der Waals surface area contributed by atoms with Crippen LogP contribution in [0.15, 0.2) is 188 Å². The molecule has 2 aliphatic rings. The Hall–Kier alpha value is -8.95. The lowest BCUT2D eigenvalue weighted by Gasteiger charge is -2.35. The van der Waals surface area contributed by atoms with E-state index in [1.165, 1.54) is 11.1 Å². The summed E-state index contributed by atoms with van der Waals surface area (Å²) in [6, 6.07) is 67.0. The van der Waals surface area contributed by atoms with Crippen LogP contribution in [0.25, 0.3) is 94.4 Å². The summed E-state index contributed by atoms with van der Waals surface area (Å²) in [5.74, 6) is 4.86. The van der Waals surface area contributed by atoms with Crippen molar-refractivity contribution in [2.45, 2.75) is 52.4 Å². The van der Waals surface area contributed by atoms with Gasteiger partial charge in [-0.2, -0.15) is 15.0 Å². The van der Waals surface area contributed by atoms with Gasteiger partial charge in [-0.15, -0.1) is 0 Å². The Kier molecular flexibility index (Phi) is 8.83. The molecule has 74 heavy (non-hydrogen) atoms. The Labute approximate surface area is 428 Å². The number of nitrogens with zero attached hydrogens (tertiary/aromatic N) is 6. The Bertz CT molecular complexity index is 4220. The molecule has 9 heteroatoms. The maximum atomic E-state index is 7.11. The highest BCUT2D eigenvalue weighted by atomic mass is 16.5. The second-order valence-electron chi connectivity index (χ2n) is 22.1. The number of aromatic nitrogens is 6. The van der Waals surface area contributed by atoms with Crippen molar-refractivity contribution in [3.8, 4) is 52.0 Å². The van der Waals surface area contributed by atoms with Crippen LogP contribution >= 0.6 is 0 Å². The van der Waals surface area contributed by atoms with E-state index in [4.69, 9.17) is 24.4 Å². The predicted molar refractivity (Wildman–Crippen MR) is 303 cm³/mol. The van der Waals surface area contributed by atoms with Crippen molar-refractivity contribution in [3.05, 3.63) is 199 Å². The molecule has 0 saturated heterocycles. The fourth-order valence-corrected chi connectivity index (χ4v) is 12.0. The number of ether oxygens (including phenoxy) is 2. The van der Waals surface area contributed by atoms with Crippen molar-refractivity contribution in [1.82, 2.24) is 28.7 Å². The van der Waals surface area contributed by atoms with E-state index in [0.717, 1.165) is 116 Å². The topological polar surface area (TPSA) is 71.9 Å². The number of benzene rings is 9. The lowest BCUT2D eigenvalue weighted by molar-refractivity contribution is 0.463. The van der Waals surface area contributed by atoms with Gasteiger partial charge < -0.3 is 14.0 Å². The Balaban J connectivity index is 1.01. The van der Waals surface area contributed by atoms with Crippen LogP contribution in [0.4, 0.5) is 0 Å². The van der Waals surface area contributed by atoms with Crippen molar-refractivity contribution < 1.29 is 9.47 Å². The van der Waals surface area contributed by atoms with Crippen LogP contribution in [0.1, 0.15) is 52.7 Å². The molecule has 2 aliphatic heterocycles. The van der Waals surface area contributed by atoms with Gasteiger partial charge >= 0.3 is 0 Å². The third-order valence-electron chi connectivity index (χ3n) is 15.6. The first-order valence-corrected chi connectivity index (χ1v) is 25.5. The van der Waals surface area contributed by atoms with Gasteiger partial charge in [0.1, 0.15) is 23.0 Å². The van der Waals surface area contributed by atoms with Gasteiger partial charge in [-0.1, -0.05) is 169 Å². The van der Waals surface area contributed by atoms with Crippen molar-refractivity contribution in [2.75, 3.05) is 0 Å². The van der Waals surface area contributed by atoms with E-state index in [-0.39, 0.29) is 17.5 Å². The van der Waals surface area contributed by atoms with Crippen LogP contribution in [-0.2, 0) is 10.8 Å². The first-order chi connectivity index (χ1) is 36.0. The molecule has 0 bridgehead atoms. The summed E-state index contributed by atoms with van der Waals surface area (Å²) in [6.07, 6.45) is 0. The highest BCUT2D eigenvalue weighted by molar-refractivity contribution is 6.98. The van der Waals surface area contributed by atoms with Gasteiger partial charge in [0.15, 0.2) is 5.82 Å². The second-order valence-corrected chi connectivity index (χ2v) is 22.1. The van der Waals surface area contributed by atoms with Gasteiger partial charge in [0, 0.05) is 55.5 Å². The summed E-state index contributed by atoms with van der Waals surface area (Å²) in [5.41, 5.74) is 13.6. The summed E-state index contributed by atoms with van der Waals surface area (Å²) < 4.78 is 20.9. The molecule has 0 aliphatic carbocycles. The van der Waals surface area contributed by atoms with Crippen LogP contribution in [-0.4, -0.2) is 35.4 Å². The van der Waals surface area contributed by atoms with E-state index in [9.17, 15) is 0 Å². The molecule has 0 N–H and O–H groups in total. The highest BCUT2D eigenvalue weighted by Crippen LogP contribution is 2.43. The zero-order valence-corrected chi connectivity index (χ0v) is 42.0. The maximum Gasteiger partial charge on any atom is 0.260 e. The van der Waals surface area contributed by atoms with E-state index in [2.05, 4.69) is 243 Å². The van der Waals surface area contributed by atoms with Crippen molar-refractivity contribution >= 4 is 88.5 Å². The molecule has 15 rings (SSSR count). The SMILES string of the molecule is CC(C)(C)c1ccc2c(c1)B1c3cc(C(C)(C)C)ccc3Oc3cc(-n4c5ccccc5c5cccc(-c6nc(-n7c8ccccc8c8ccccc87)nc(-n7c8ccccc8c8ccccc87)n6)c54)cc(c31)O2. The van der Waals surface area contributed by atoms with Gasteiger partial charge in [-0.3, -0.25) is 9.13 Å². The number of fused-ring (bicyclic) bond motifs is 13. The number of para-hydroxylation sites is 6. The van der Waals surface area contributed by atoms with E-state index < -0.39 is 0 Å². The molecule has 8 nitrogen and oxygen atoms in total. The predicted octanol–water partition coefficient (Wildman–Crippen LogP) is 14.2.